The minimum atomic E-state index is -0.805. The van der Waals surface area contributed by atoms with Crippen molar-refractivity contribution in [2.45, 2.75) is 26.7 Å². The van der Waals surface area contributed by atoms with E-state index in [2.05, 4.69) is 10.5 Å². The van der Waals surface area contributed by atoms with Crippen LogP contribution in [0.4, 0.5) is 5.69 Å². The molecule has 0 saturated carbocycles. The molecule has 0 aliphatic carbocycles. The van der Waals surface area contributed by atoms with Gasteiger partial charge < -0.3 is 5.73 Å². The Bertz CT molecular complexity index is 465. The summed E-state index contributed by atoms with van der Waals surface area (Å²) < 4.78 is 0. The van der Waals surface area contributed by atoms with E-state index in [-0.39, 0.29) is 17.4 Å². The second-order valence-corrected chi connectivity index (χ2v) is 4.18. The molecule has 0 unspecified atom stereocenters. The second-order valence-electron chi connectivity index (χ2n) is 4.18. The van der Waals surface area contributed by atoms with Gasteiger partial charge in [0.2, 0.25) is 0 Å². The summed E-state index contributed by atoms with van der Waals surface area (Å²) in [6.45, 7) is 3.80. The summed E-state index contributed by atoms with van der Waals surface area (Å²) >= 11 is 0. The van der Waals surface area contributed by atoms with Crippen LogP contribution in [0.25, 0.3) is 0 Å². The maximum atomic E-state index is 12.1. The minimum absolute atomic E-state index is 0.219. The Balaban J connectivity index is 2.89. The number of nitrogens with zero attached hydrogens (tertiary/aromatic N) is 1. The van der Waals surface area contributed by atoms with Gasteiger partial charge in [0.25, 0.3) is 5.91 Å². The number of Topliss-reactive ketones (excluding diaryl/α,β-unsaturated/α-hetero) is 1. The number of hydrogen-bond donors (Lipinski definition) is 2. The van der Waals surface area contributed by atoms with Crippen LogP contribution >= 0.6 is 0 Å². The van der Waals surface area contributed by atoms with E-state index >= 15 is 0 Å². The van der Waals surface area contributed by atoms with E-state index in [0.29, 0.717) is 18.5 Å². The number of ketones is 1. The lowest BCUT2D eigenvalue weighted by molar-refractivity contribution is -0.118. The molecule has 5 nitrogen and oxygen atoms in total. The van der Waals surface area contributed by atoms with Gasteiger partial charge in [0.15, 0.2) is 11.5 Å². The van der Waals surface area contributed by atoms with Crippen LogP contribution in [0.5, 0.6) is 0 Å². The van der Waals surface area contributed by atoms with Gasteiger partial charge in [-0.3, -0.25) is 15.0 Å². The Hall–Kier alpha value is -2.17. The highest BCUT2D eigenvalue weighted by atomic mass is 16.2. The quantitative estimate of drug-likeness (QED) is 0.447. The van der Waals surface area contributed by atoms with Crippen molar-refractivity contribution < 1.29 is 9.59 Å². The predicted molar refractivity (Wildman–Crippen MR) is 75.8 cm³/mol. The average molecular weight is 261 g/mol. The van der Waals surface area contributed by atoms with Crippen molar-refractivity contribution in [3.8, 4) is 0 Å². The average Bonchev–Trinajstić information content (AvgIpc) is 2.41. The van der Waals surface area contributed by atoms with E-state index < -0.39 is 5.91 Å². The Kier molecular flexibility index (Phi) is 5.73. The molecule has 0 heterocycles. The number of hydrazone groups is 1. The lowest BCUT2D eigenvalue weighted by Gasteiger charge is -2.11. The Morgan fingerprint density at radius 1 is 1.21 bits per heavy atom. The van der Waals surface area contributed by atoms with Crippen molar-refractivity contribution in [1.82, 2.24) is 0 Å². The molecule has 0 bridgehead atoms. The second kappa shape index (κ2) is 7.31. The largest absolute Gasteiger partial charge is 0.364 e. The number of para-hydroxylation sites is 1. The monoisotopic (exact) mass is 261 g/mol. The summed E-state index contributed by atoms with van der Waals surface area (Å²) in [5.41, 5.74) is 8.36. The zero-order valence-corrected chi connectivity index (χ0v) is 11.2. The molecule has 0 aliphatic rings. The normalized spacial score (nSPS) is 11.4. The van der Waals surface area contributed by atoms with E-state index in [1.807, 2.05) is 32.0 Å². The van der Waals surface area contributed by atoms with Gasteiger partial charge in [-0.2, -0.15) is 5.10 Å². The van der Waals surface area contributed by atoms with Gasteiger partial charge in [0.1, 0.15) is 0 Å². The molecular weight excluding hydrogens is 242 g/mol. The van der Waals surface area contributed by atoms with E-state index in [1.165, 1.54) is 0 Å². The third-order valence-corrected chi connectivity index (χ3v) is 2.89. The summed E-state index contributed by atoms with van der Waals surface area (Å²) in [5, 5.41) is 3.85. The fraction of sp³-hybridized carbons (Fsp3) is 0.357. The number of benzene rings is 1. The van der Waals surface area contributed by atoms with Crippen molar-refractivity contribution in [1.29, 1.82) is 0 Å². The van der Waals surface area contributed by atoms with Gasteiger partial charge in [0, 0.05) is 5.92 Å². The molecule has 0 atom stereocenters. The van der Waals surface area contributed by atoms with Crippen LogP contribution in [0.1, 0.15) is 26.7 Å². The Morgan fingerprint density at radius 3 is 2.26 bits per heavy atom. The molecule has 5 heteroatoms. The summed E-state index contributed by atoms with van der Waals surface area (Å²) in [5.74, 6) is -1.33. The number of carbonyl (C=O) groups is 2. The molecule has 1 amide bonds. The number of hydrogen-bond acceptors (Lipinski definition) is 4. The first-order valence-electron chi connectivity index (χ1n) is 6.32. The Morgan fingerprint density at radius 2 is 1.79 bits per heavy atom. The van der Waals surface area contributed by atoms with Crippen LogP contribution in [0.15, 0.2) is 35.4 Å². The molecule has 3 N–H and O–H groups in total. The molecule has 0 saturated heterocycles. The molecule has 102 valence electrons. The molecular formula is C14H19N3O2. The van der Waals surface area contributed by atoms with Crippen LogP contribution in [-0.4, -0.2) is 17.4 Å². The zero-order valence-electron chi connectivity index (χ0n) is 11.2. The SMILES string of the molecule is CCC(CC)C(=O)C(=NNc1ccccc1)C(N)=O. The van der Waals surface area contributed by atoms with Gasteiger partial charge in [-0.25, -0.2) is 0 Å². The first kappa shape index (κ1) is 14.9. The maximum absolute atomic E-state index is 12.1. The summed E-state index contributed by atoms with van der Waals surface area (Å²) in [4.78, 5) is 23.4. The van der Waals surface area contributed by atoms with Crippen molar-refractivity contribution in [2.24, 2.45) is 16.8 Å². The number of nitrogens with one attached hydrogen (secondary N) is 1. The molecule has 0 aliphatic heterocycles. The van der Waals surface area contributed by atoms with Gasteiger partial charge >= 0.3 is 0 Å². The van der Waals surface area contributed by atoms with Crippen LogP contribution in [0.3, 0.4) is 0 Å². The fourth-order valence-electron chi connectivity index (χ4n) is 1.72. The van der Waals surface area contributed by atoms with Gasteiger partial charge in [-0.05, 0) is 25.0 Å². The highest BCUT2D eigenvalue weighted by Crippen LogP contribution is 2.11. The third kappa shape index (κ3) is 4.21. The van der Waals surface area contributed by atoms with Crippen LogP contribution < -0.4 is 11.2 Å². The zero-order chi connectivity index (χ0) is 14.3. The number of nitrogens with two attached hydrogens (primary N) is 1. The lowest BCUT2D eigenvalue weighted by atomic mass is 9.95. The molecule has 19 heavy (non-hydrogen) atoms. The topological polar surface area (TPSA) is 84.6 Å². The van der Waals surface area contributed by atoms with Crippen molar-refractivity contribution in [2.75, 3.05) is 5.43 Å². The maximum Gasteiger partial charge on any atom is 0.272 e. The van der Waals surface area contributed by atoms with Crippen molar-refractivity contribution >= 4 is 23.1 Å². The molecule has 1 aromatic carbocycles. The first-order chi connectivity index (χ1) is 9.10. The molecule has 0 spiro atoms. The first-order valence-corrected chi connectivity index (χ1v) is 6.32. The molecule has 1 aromatic rings. The molecule has 0 fully saturated rings. The molecule has 0 aromatic heterocycles. The minimum Gasteiger partial charge on any atom is -0.364 e. The van der Waals surface area contributed by atoms with Crippen LogP contribution in [0, 0.1) is 5.92 Å². The van der Waals surface area contributed by atoms with Crippen LogP contribution in [-0.2, 0) is 9.59 Å². The summed E-state index contributed by atoms with van der Waals surface area (Å²) in [7, 11) is 0. The smallest absolute Gasteiger partial charge is 0.272 e. The van der Waals surface area contributed by atoms with Crippen LogP contribution in [0.2, 0.25) is 0 Å². The van der Waals surface area contributed by atoms with E-state index in [9.17, 15) is 9.59 Å². The number of rotatable bonds is 7. The van der Waals surface area contributed by atoms with Gasteiger partial charge in [-0.15, -0.1) is 0 Å². The van der Waals surface area contributed by atoms with Crippen molar-refractivity contribution in [3.05, 3.63) is 30.3 Å². The summed E-state index contributed by atoms with van der Waals surface area (Å²) in [6.07, 6.45) is 1.32. The third-order valence-electron chi connectivity index (χ3n) is 2.89. The molecule has 0 radical (unpaired) electrons. The number of amides is 1. The number of anilines is 1. The standard InChI is InChI=1S/C14H19N3O2/c1-3-10(4-2)13(18)12(14(15)19)17-16-11-8-6-5-7-9-11/h5-10,16H,3-4H2,1-2H3,(H2,15,19). The summed E-state index contributed by atoms with van der Waals surface area (Å²) in [6, 6.07) is 9.07. The van der Waals surface area contributed by atoms with E-state index in [1.54, 1.807) is 12.1 Å². The highest BCUT2D eigenvalue weighted by molar-refractivity contribution is 6.65. The lowest BCUT2D eigenvalue weighted by Crippen LogP contribution is -2.35. The Labute approximate surface area is 112 Å². The van der Waals surface area contributed by atoms with Crippen molar-refractivity contribution in [3.63, 3.8) is 0 Å². The van der Waals surface area contributed by atoms with Gasteiger partial charge in [-0.1, -0.05) is 32.0 Å². The number of carbonyl (C=O) groups excluding carboxylic acids is 2. The number of primary amides is 1. The highest BCUT2D eigenvalue weighted by Gasteiger charge is 2.24. The van der Waals surface area contributed by atoms with Gasteiger partial charge in [0.05, 0.1) is 5.69 Å². The van der Waals surface area contributed by atoms with E-state index in [4.69, 9.17) is 5.73 Å². The fourth-order valence-corrected chi connectivity index (χ4v) is 1.72. The molecule has 1 rings (SSSR count). The predicted octanol–water partition coefficient (Wildman–Crippen LogP) is 1.95. The van der Waals surface area contributed by atoms with E-state index in [0.717, 1.165) is 0 Å².